The van der Waals surface area contributed by atoms with Gasteiger partial charge in [-0.25, -0.2) is 13.9 Å². The molecular formula is C22H22FN3O4. The zero-order valence-electron chi connectivity index (χ0n) is 16.7. The molecule has 0 radical (unpaired) electrons. The number of benzene rings is 2. The molecule has 0 aliphatic heterocycles. The van der Waals surface area contributed by atoms with Gasteiger partial charge < -0.3 is 15.2 Å². The van der Waals surface area contributed by atoms with Crippen LogP contribution in [0.3, 0.4) is 0 Å². The Labute approximate surface area is 173 Å². The minimum Gasteiger partial charge on any atom is -0.462 e. The fourth-order valence-electron chi connectivity index (χ4n) is 3.08. The first-order valence-corrected chi connectivity index (χ1v) is 9.39. The number of amides is 1. The topological polar surface area (TPSA) is 96.4 Å². The number of aromatic nitrogens is 2. The lowest BCUT2D eigenvalue weighted by atomic mass is 9.96. The van der Waals surface area contributed by atoms with E-state index in [4.69, 9.17) is 15.2 Å². The molecule has 1 amide bonds. The van der Waals surface area contributed by atoms with Gasteiger partial charge in [0.05, 0.1) is 23.6 Å². The summed E-state index contributed by atoms with van der Waals surface area (Å²) in [5.74, 6) is -1.62. The lowest BCUT2D eigenvalue weighted by molar-refractivity contribution is 0.0505. The Bertz CT molecular complexity index is 1060. The predicted octanol–water partition coefficient (Wildman–Crippen LogP) is 3.63. The van der Waals surface area contributed by atoms with Crippen molar-refractivity contribution < 1.29 is 23.5 Å². The van der Waals surface area contributed by atoms with Crippen molar-refractivity contribution in [3.63, 3.8) is 0 Å². The van der Waals surface area contributed by atoms with Gasteiger partial charge in [-0.15, -0.1) is 0 Å². The molecule has 0 saturated carbocycles. The van der Waals surface area contributed by atoms with Gasteiger partial charge in [0.25, 0.3) is 0 Å². The zero-order valence-corrected chi connectivity index (χ0v) is 16.7. The van der Waals surface area contributed by atoms with Gasteiger partial charge >= 0.3 is 5.97 Å². The summed E-state index contributed by atoms with van der Waals surface area (Å²) in [4.78, 5) is 24.8. The van der Waals surface area contributed by atoms with Crippen molar-refractivity contribution in [2.75, 3.05) is 13.7 Å². The van der Waals surface area contributed by atoms with Crippen molar-refractivity contribution in [3.8, 4) is 22.5 Å². The van der Waals surface area contributed by atoms with E-state index in [0.717, 1.165) is 0 Å². The van der Waals surface area contributed by atoms with E-state index < -0.39 is 11.9 Å². The highest BCUT2D eigenvalue weighted by Crippen LogP contribution is 2.32. The van der Waals surface area contributed by atoms with E-state index in [1.165, 1.54) is 30.0 Å². The normalized spacial score (nSPS) is 10.8. The van der Waals surface area contributed by atoms with Crippen LogP contribution in [-0.4, -0.2) is 35.4 Å². The van der Waals surface area contributed by atoms with Crippen LogP contribution in [0, 0.1) is 5.82 Å². The first-order valence-electron chi connectivity index (χ1n) is 9.39. The first-order chi connectivity index (χ1) is 14.5. The Hall–Kier alpha value is -3.52. The molecular weight excluding hydrogens is 389 g/mol. The van der Waals surface area contributed by atoms with E-state index in [1.807, 2.05) is 6.92 Å². The van der Waals surface area contributed by atoms with E-state index in [-0.39, 0.29) is 30.3 Å². The molecule has 3 aromatic rings. The molecule has 1 aromatic heterocycles. The minimum absolute atomic E-state index is 0.0626. The molecule has 1 heterocycles. The molecule has 2 N–H and O–H groups in total. The highest BCUT2D eigenvalue weighted by Gasteiger charge is 2.24. The average Bonchev–Trinajstić information content (AvgIpc) is 3.15. The summed E-state index contributed by atoms with van der Waals surface area (Å²) in [6.07, 6.45) is 0.660. The Morgan fingerprint density at radius 2 is 1.83 bits per heavy atom. The summed E-state index contributed by atoms with van der Waals surface area (Å²) in [5, 5.41) is 4.50. The largest absolute Gasteiger partial charge is 0.462 e. The third-order valence-electron chi connectivity index (χ3n) is 4.41. The maximum atomic E-state index is 13.3. The zero-order chi connectivity index (χ0) is 21.7. The number of methoxy groups -OCH3 is 1. The molecule has 2 aromatic carbocycles. The maximum absolute atomic E-state index is 13.3. The monoisotopic (exact) mass is 411 g/mol. The molecule has 0 spiro atoms. The molecule has 0 saturated heterocycles. The Balaban J connectivity index is 2.21. The summed E-state index contributed by atoms with van der Waals surface area (Å²) in [5.41, 5.74) is 7.89. The predicted molar refractivity (Wildman–Crippen MR) is 109 cm³/mol. The molecule has 3 rings (SSSR count). The van der Waals surface area contributed by atoms with Gasteiger partial charge in [0.15, 0.2) is 0 Å². The first kappa shape index (κ1) is 21.2. The number of esters is 1. The third-order valence-corrected chi connectivity index (χ3v) is 4.41. The summed E-state index contributed by atoms with van der Waals surface area (Å²) in [6.45, 7) is 2.20. The number of primary amides is 1. The molecule has 7 nitrogen and oxygen atoms in total. The van der Waals surface area contributed by atoms with E-state index in [9.17, 15) is 14.0 Å². The minimum atomic E-state index is -0.691. The maximum Gasteiger partial charge on any atom is 0.338 e. The molecule has 0 aliphatic carbocycles. The fourth-order valence-corrected chi connectivity index (χ4v) is 3.08. The van der Waals surface area contributed by atoms with Crippen LogP contribution in [0.2, 0.25) is 0 Å². The summed E-state index contributed by atoms with van der Waals surface area (Å²) in [7, 11) is 1.50. The number of halogens is 1. The summed E-state index contributed by atoms with van der Waals surface area (Å²) < 4.78 is 25.3. The van der Waals surface area contributed by atoms with Gasteiger partial charge in [0.1, 0.15) is 12.5 Å². The Morgan fingerprint density at radius 3 is 2.47 bits per heavy atom. The third kappa shape index (κ3) is 4.38. The van der Waals surface area contributed by atoms with Gasteiger partial charge in [-0.1, -0.05) is 13.0 Å². The number of carbonyl (C=O) groups is 2. The van der Waals surface area contributed by atoms with E-state index in [0.29, 0.717) is 28.9 Å². The lowest BCUT2D eigenvalue weighted by Crippen LogP contribution is -2.17. The average molecular weight is 411 g/mol. The summed E-state index contributed by atoms with van der Waals surface area (Å²) in [6, 6.07) is 12.2. The van der Waals surface area contributed by atoms with Crippen LogP contribution in [0.15, 0.2) is 48.5 Å². The van der Waals surface area contributed by atoms with Gasteiger partial charge in [0.2, 0.25) is 5.91 Å². The number of ether oxygens (including phenoxy) is 2. The quantitative estimate of drug-likeness (QED) is 0.571. The highest BCUT2D eigenvalue weighted by atomic mass is 19.1. The van der Waals surface area contributed by atoms with E-state index in [2.05, 4.69) is 5.10 Å². The molecule has 0 unspecified atom stereocenters. The molecule has 0 bridgehead atoms. The van der Waals surface area contributed by atoms with Crippen LogP contribution >= 0.6 is 0 Å². The van der Waals surface area contributed by atoms with E-state index >= 15 is 0 Å². The molecule has 8 heteroatoms. The second-order valence-corrected chi connectivity index (χ2v) is 6.57. The number of hydrogen-bond donors (Lipinski definition) is 1. The number of carbonyl (C=O) groups excluding carboxylic acids is 2. The van der Waals surface area contributed by atoms with Crippen molar-refractivity contribution in [1.29, 1.82) is 0 Å². The van der Waals surface area contributed by atoms with Gasteiger partial charge in [0, 0.05) is 23.8 Å². The lowest BCUT2D eigenvalue weighted by Gasteiger charge is -2.14. The second kappa shape index (κ2) is 9.32. The Kier molecular flexibility index (Phi) is 6.58. The summed E-state index contributed by atoms with van der Waals surface area (Å²) >= 11 is 0. The Morgan fingerprint density at radius 1 is 1.13 bits per heavy atom. The van der Waals surface area contributed by atoms with Crippen LogP contribution in [0.5, 0.6) is 0 Å². The smallest absolute Gasteiger partial charge is 0.338 e. The van der Waals surface area contributed by atoms with E-state index in [1.54, 1.807) is 30.3 Å². The number of rotatable bonds is 8. The van der Waals surface area contributed by atoms with Crippen LogP contribution in [-0.2, 0) is 16.2 Å². The van der Waals surface area contributed by atoms with Gasteiger partial charge in [-0.05, 0) is 48.9 Å². The van der Waals surface area contributed by atoms with Crippen LogP contribution in [0.4, 0.5) is 4.39 Å². The van der Waals surface area contributed by atoms with Crippen LogP contribution in [0.1, 0.15) is 34.1 Å². The standard InChI is InChI=1S/C22H22FN3O4/c1-3-11-30-22(28)17-6-4-5-16(21(24)27)20(17)19-12-18(25-26(19)13-29-2)14-7-9-15(23)10-8-14/h4-10,12H,3,11,13H2,1-2H3,(H2,24,27). The van der Waals surface area contributed by atoms with Gasteiger partial charge in [-0.3, -0.25) is 4.79 Å². The van der Waals surface area contributed by atoms with Crippen molar-refractivity contribution in [2.45, 2.75) is 20.1 Å². The molecule has 30 heavy (non-hydrogen) atoms. The van der Waals surface area contributed by atoms with Gasteiger partial charge in [-0.2, -0.15) is 5.10 Å². The number of nitrogens with two attached hydrogens (primary N) is 1. The molecule has 0 atom stereocenters. The van der Waals surface area contributed by atoms with Crippen LogP contribution < -0.4 is 5.73 Å². The number of nitrogens with zero attached hydrogens (tertiary/aromatic N) is 2. The highest BCUT2D eigenvalue weighted by molar-refractivity contribution is 6.07. The fraction of sp³-hybridized carbons (Fsp3) is 0.227. The second-order valence-electron chi connectivity index (χ2n) is 6.57. The van der Waals surface area contributed by atoms with Crippen LogP contribution in [0.25, 0.3) is 22.5 Å². The SMILES string of the molecule is CCCOC(=O)c1cccc(C(N)=O)c1-c1cc(-c2ccc(F)cc2)nn1COC. The number of hydrogen-bond acceptors (Lipinski definition) is 5. The van der Waals surface area contributed by atoms with Crippen molar-refractivity contribution in [2.24, 2.45) is 5.73 Å². The molecule has 156 valence electrons. The molecule has 0 fully saturated rings. The molecule has 0 aliphatic rings. The van der Waals surface area contributed by atoms with Crippen molar-refractivity contribution in [3.05, 3.63) is 65.5 Å². The van der Waals surface area contributed by atoms with Crippen molar-refractivity contribution in [1.82, 2.24) is 9.78 Å². The van der Waals surface area contributed by atoms with Crippen molar-refractivity contribution >= 4 is 11.9 Å².